The second-order valence-corrected chi connectivity index (χ2v) is 3.06. The highest BCUT2D eigenvalue weighted by Gasteiger charge is 2.09. The Morgan fingerprint density at radius 3 is 2.60 bits per heavy atom. The Labute approximate surface area is 89.3 Å². The van der Waals surface area contributed by atoms with Gasteiger partial charge in [0.1, 0.15) is 5.75 Å². The molecule has 0 aliphatic carbocycles. The first-order valence-electron chi connectivity index (χ1n) is 4.57. The van der Waals surface area contributed by atoms with Gasteiger partial charge in [-0.1, -0.05) is 24.8 Å². The van der Waals surface area contributed by atoms with Crippen LogP contribution in [0.25, 0.3) is 5.57 Å². The molecule has 3 nitrogen and oxygen atoms in total. The van der Waals surface area contributed by atoms with Crippen molar-refractivity contribution in [3.05, 3.63) is 36.4 Å². The second-order valence-electron chi connectivity index (χ2n) is 3.06. The van der Waals surface area contributed by atoms with Gasteiger partial charge in [0.25, 0.3) is 0 Å². The van der Waals surface area contributed by atoms with Gasteiger partial charge in [0, 0.05) is 5.56 Å². The van der Waals surface area contributed by atoms with E-state index in [1.54, 1.807) is 7.11 Å². The van der Waals surface area contributed by atoms with E-state index in [0.29, 0.717) is 11.3 Å². The molecule has 15 heavy (non-hydrogen) atoms. The van der Waals surface area contributed by atoms with E-state index in [0.717, 1.165) is 5.56 Å². The minimum atomic E-state index is -0.300. The summed E-state index contributed by atoms with van der Waals surface area (Å²) in [4.78, 5) is 11.1. The molecule has 80 valence electrons. The van der Waals surface area contributed by atoms with Crippen LogP contribution in [0.4, 0.5) is 0 Å². The monoisotopic (exact) mass is 206 g/mol. The SMILES string of the molecule is C=C(CC(=O)OC)c1ccccc1OC. The maximum atomic E-state index is 11.1. The van der Waals surface area contributed by atoms with Gasteiger partial charge < -0.3 is 9.47 Å². The number of para-hydroxylation sites is 1. The van der Waals surface area contributed by atoms with Gasteiger partial charge in [-0.3, -0.25) is 4.79 Å². The number of hydrogen-bond donors (Lipinski definition) is 0. The Morgan fingerprint density at radius 2 is 2.00 bits per heavy atom. The summed E-state index contributed by atoms with van der Waals surface area (Å²) in [6, 6.07) is 7.44. The molecule has 0 unspecified atom stereocenters. The minimum absolute atomic E-state index is 0.177. The van der Waals surface area contributed by atoms with Crippen LogP contribution in [-0.4, -0.2) is 20.2 Å². The molecule has 0 saturated heterocycles. The molecule has 0 spiro atoms. The van der Waals surface area contributed by atoms with Crippen molar-refractivity contribution in [2.75, 3.05) is 14.2 Å². The van der Waals surface area contributed by atoms with E-state index in [4.69, 9.17) is 4.74 Å². The van der Waals surface area contributed by atoms with Crippen LogP contribution in [0, 0.1) is 0 Å². The van der Waals surface area contributed by atoms with Gasteiger partial charge in [-0.15, -0.1) is 0 Å². The van der Waals surface area contributed by atoms with Crippen molar-refractivity contribution in [3.8, 4) is 5.75 Å². The number of methoxy groups -OCH3 is 2. The number of rotatable bonds is 4. The molecule has 0 aliphatic rings. The first-order valence-corrected chi connectivity index (χ1v) is 4.57. The van der Waals surface area contributed by atoms with Crippen LogP contribution in [0.2, 0.25) is 0 Å². The van der Waals surface area contributed by atoms with Crippen molar-refractivity contribution in [1.29, 1.82) is 0 Å². The summed E-state index contributed by atoms with van der Waals surface area (Å²) in [7, 11) is 2.95. The zero-order valence-corrected chi connectivity index (χ0v) is 8.95. The van der Waals surface area contributed by atoms with Crippen LogP contribution in [0.15, 0.2) is 30.8 Å². The average Bonchev–Trinajstić information content (AvgIpc) is 2.28. The summed E-state index contributed by atoms with van der Waals surface area (Å²) in [5, 5.41) is 0. The third-order valence-corrected chi connectivity index (χ3v) is 2.07. The molecule has 0 heterocycles. The summed E-state index contributed by atoms with van der Waals surface area (Å²) in [5.74, 6) is 0.414. The van der Waals surface area contributed by atoms with Gasteiger partial charge in [-0.25, -0.2) is 0 Å². The van der Waals surface area contributed by atoms with Crippen LogP contribution in [0.1, 0.15) is 12.0 Å². The molecule has 0 amide bonds. The van der Waals surface area contributed by atoms with Crippen molar-refractivity contribution in [2.24, 2.45) is 0 Å². The smallest absolute Gasteiger partial charge is 0.309 e. The van der Waals surface area contributed by atoms with Gasteiger partial charge in [0.05, 0.1) is 20.6 Å². The Balaban J connectivity index is 2.86. The van der Waals surface area contributed by atoms with Crippen LogP contribution in [0.5, 0.6) is 5.75 Å². The third-order valence-electron chi connectivity index (χ3n) is 2.07. The van der Waals surface area contributed by atoms with E-state index >= 15 is 0 Å². The number of carbonyl (C=O) groups is 1. The standard InChI is InChI=1S/C12H14O3/c1-9(8-12(13)15-3)10-6-4-5-7-11(10)14-2/h4-7H,1,8H2,2-3H3. The van der Waals surface area contributed by atoms with Crippen molar-refractivity contribution in [1.82, 2.24) is 0 Å². The van der Waals surface area contributed by atoms with E-state index in [1.165, 1.54) is 7.11 Å². The van der Waals surface area contributed by atoms with Crippen LogP contribution >= 0.6 is 0 Å². The first kappa shape index (κ1) is 11.3. The van der Waals surface area contributed by atoms with Gasteiger partial charge >= 0.3 is 5.97 Å². The normalized spacial score (nSPS) is 9.47. The molecule has 0 radical (unpaired) electrons. The van der Waals surface area contributed by atoms with E-state index in [9.17, 15) is 4.79 Å². The lowest BCUT2D eigenvalue weighted by molar-refractivity contribution is -0.139. The Morgan fingerprint density at radius 1 is 1.33 bits per heavy atom. The maximum Gasteiger partial charge on any atom is 0.309 e. The van der Waals surface area contributed by atoms with Gasteiger partial charge in [0.2, 0.25) is 0 Å². The Kier molecular flexibility index (Phi) is 3.92. The highest BCUT2D eigenvalue weighted by Crippen LogP contribution is 2.26. The van der Waals surface area contributed by atoms with E-state index in [2.05, 4.69) is 11.3 Å². The van der Waals surface area contributed by atoms with Gasteiger partial charge in [-0.05, 0) is 11.6 Å². The van der Waals surface area contributed by atoms with Crippen molar-refractivity contribution >= 4 is 11.5 Å². The lowest BCUT2D eigenvalue weighted by Crippen LogP contribution is -2.01. The van der Waals surface area contributed by atoms with Crippen LogP contribution < -0.4 is 4.74 Å². The van der Waals surface area contributed by atoms with E-state index in [1.807, 2.05) is 24.3 Å². The quantitative estimate of drug-likeness (QED) is 0.709. The molecule has 0 aromatic heterocycles. The van der Waals surface area contributed by atoms with Crippen LogP contribution in [-0.2, 0) is 9.53 Å². The number of carbonyl (C=O) groups excluding carboxylic acids is 1. The first-order chi connectivity index (χ1) is 7.19. The zero-order valence-electron chi connectivity index (χ0n) is 8.95. The van der Waals surface area contributed by atoms with E-state index < -0.39 is 0 Å². The fourth-order valence-electron chi connectivity index (χ4n) is 1.28. The fraction of sp³-hybridized carbons (Fsp3) is 0.250. The molecule has 0 saturated carbocycles. The molecule has 3 heteroatoms. The molecule has 0 fully saturated rings. The van der Waals surface area contributed by atoms with Gasteiger partial charge in [-0.2, -0.15) is 0 Å². The molecule has 0 atom stereocenters. The fourth-order valence-corrected chi connectivity index (χ4v) is 1.28. The molecule has 1 aromatic rings. The molecule has 1 rings (SSSR count). The summed E-state index contributed by atoms with van der Waals surface area (Å²) in [6.45, 7) is 3.84. The largest absolute Gasteiger partial charge is 0.496 e. The lowest BCUT2D eigenvalue weighted by atomic mass is 10.0. The van der Waals surface area contributed by atoms with E-state index in [-0.39, 0.29) is 12.4 Å². The number of hydrogen-bond acceptors (Lipinski definition) is 3. The second kappa shape index (κ2) is 5.20. The average molecular weight is 206 g/mol. The summed E-state index contributed by atoms with van der Waals surface area (Å²) in [6.07, 6.45) is 0.177. The third kappa shape index (κ3) is 2.84. The summed E-state index contributed by atoms with van der Waals surface area (Å²) < 4.78 is 9.74. The predicted octanol–water partition coefficient (Wildman–Crippen LogP) is 2.27. The predicted molar refractivity (Wildman–Crippen MR) is 58.7 cm³/mol. The Bertz CT molecular complexity index is 369. The van der Waals surface area contributed by atoms with Crippen molar-refractivity contribution in [3.63, 3.8) is 0 Å². The highest BCUT2D eigenvalue weighted by molar-refractivity contribution is 5.85. The topological polar surface area (TPSA) is 35.5 Å². The molecular formula is C12H14O3. The summed E-state index contributed by atoms with van der Waals surface area (Å²) >= 11 is 0. The molecule has 0 bridgehead atoms. The molecular weight excluding hydrogens is 192 g/mol. The molecule has 0 aliphatic heterocycles. The molecule has 0 N–H and O–H groups in total. The molecule has 1 aromatic carbocycles. The number of esters is 1. The number of ether oxygens (including phenoxy) is 2. The van der Waals surface area contributed by atoms with Gasteiger partial charge in [0.15, 0.2) is 0 Å². The van der Waals surface area contributed by atoms with Crippen molar-refractivity contribution < 1.29 is 14.3 Å². The van der Waals surface area contributed by atoms with Crippen LogP contribution in [0.3, 0.4) is 0 Å². The van der Waals surface area contributed by atoms with Crippen molar-refractivity contribution in [2.45, 2.75) is 6.42 Å². The minimum Gasteiger partial charge on any atom is -0.496 e. The maximum absolute atomic E-state index is 11.1. The zero-order chi connectivity index (χ0) is 11.3. The number of benzene rings is 1. The highest BCUT2D eigenvalue weighted by atomic mass is 16.5. The Hall–Kier alpha value is -1.77. The summed E-state index contributed by atoms with van der Waals surface area (Å²) in [5.41, 5.74) is 1.53. The lowest BCUT2D eigenvalue weighted by Gasteiger charge is -2.09.